The van der Waals surface area contributed by atoms with Crippen LogP contribution in [-0.2, 0) is 6.42 Å². The minimum absolute atomic E-state index is 0.161. The molecule has 0 aliphatic carbocycles. The number of benzene rings is 3. The second-order valence-electron chi connectivity index (χ2n) is 8.32. The molecular formula is C27H23ClN4O3. The minimum Gasteiger partial charge on any atom is -0.497 e. The first-order valence-corrected chi connectivity index (χ1v) is 11.4. The molecule has 5 rings (SSSR count). The average Bonchev–Trinajstić information content (AvgIpc) is 3.35. The summed E-state index contributed by atoms with van der Waals surface area (Å²) in [7, 11) is 1.60. The molecule has 0 amide bonds. The quantitative estimate of drug-likeness (QED) is 0.343. The van der Waals surface area contributed by atoms with E-state index in [1.807, 2.05) is 31.2 Å². The molecule has 2 aromatic heterocycles. The van der Waals surface area contributed by atoms with Gasteiger partial charge in [-0.3, -0.25) is 19.3 Å². The van der Waals surface area contributed by atoms with Gasteiger partial charge in [0.1, 0.15) is 5.75 Å². The zero-order valence-corrected chi connectivity index (χ0v) is 20.0. The van der Waals surface area contributed by atoms with Crippen LogP contribution < -0.4 is 16.0 Å². The fourth-order valence-electron chi connectivity index (χ4n) is 4.38. The molecule has 0 atom stereocenters. The first kappa shape index (κ1) is 22.6. The van der Waals surface area contributed by atoms with Crippen LogP contribution in [0.2, 0.25) is 5.02 Å². The number of nitrogens with two attached hydrogens (primary N) is 1. The number of anilines is 1. The molecule has 0 aliphatic heterocycles. The second kappa shape index (κ2) is 8.85. The normalized spacial score (nSPS) is 11.2. The van der Waals surface area contributed by atoms with E-state index in [1.54, 1.807) is 60.2 Å². The van der Waals surface area contributed by atoms with Crippen LogP contribution in [0.15, 0.2) is 77.6 Å². The third kappa shape index (κ3) is 4.11. The number of carbonyl (C=O) groups excluding carboxylic acids is 1. The van der Waals surface area contributed by atoms with Gasteiger partial charge in [-0.1, -0.05) is 17.7 Å². The van der Waals surface area contributed by atoms with Crippen molar-refractivity contribution in [2.45, 2.75) is 13.3 Å². The van der Waals surface area contributed by atoms with Gasteiger partial charge < -0.3 is 10.5 Å². The van der Waals surface area contributed by atoms with Crippen LogP contribution in [0.3, 0.4) is 0 Å². The molecular weight excluding hydrogens is 464 g/mol. The van der Waals surface area contributed by atoms with Gasteiger partial charge in [-0.15, -0.1) is 0 Å². The molecule has 0 aliphatic rings. The van der Waals surface area contributed by atoms with Gasteiger partial charge in [-0.25, -0.2) is 4.68 Å². The summed E-state index contributed by atoms with van der Waals surface area (Å²) in [5, 5.41) is 4.62. The molecule has 0 fully saturated rings. The van der Waals surface area contributed by atoms with Crippen LogP contribution in [0.5, 0.6) is 5.75 Å². The average molecular weight is 487 g/mol. The Morgan fingerprint density at radius 1 is 1.06 bits per heavy atom. The molecule has 176 valence electrons. The van der Waals surface area contributed by atoms with Crippen molar-refractivity contribution in [1.29, 1.82) is 0 Å². The van der Waals surface area contributed by atoms with E-state index in [0.717, 1.165) is 22.2 Å². The van der Waals surface area contributed by atoms with E-state index < -0.39 is 0 Å². The maximum absolute atomic E-state index is 13.5. The van der Waals surface area contributed by atoms with Gasteiger partial charge >= 0.3 is 0 Å². The van der Waals surface area contributed by atoms with Crippen molar-refractivity contribution in [2.24, 2.45) is 0 Å². The fourth-order valence-corrected chi connectivity index (χ4v) is 4.50. The van der Waals surface area contributed by atoms with Gasteiger partial charge in [-0.2, -0.15) is 0 Å². The smallest absolute Gasteiger partial charge is 0.271 e. The van der Waals surface area contributed by atoms with E-state index in [4.69, 9.17) is 22.1 Å². The number of aromatic nitrogens is 3. The molecule has 2 heterocycles. The lowest BCUT2D eigenvalue weighted by Crippen LogP contribution is -2.13. The van der Waals surface area contributed by atoms with Gasteiger partial charge in [0.05, 0.1) is 18.3 Å². The maximum Gasteiger partial charge on any atom is 0.271 e. The summed E-state index contributed by atoms with van der Waals surface area (Å²) in [5.74, 6) is 0.520. The Bertz CT molecular complexity index is 1630. The highest BCUT2D eigenvalue weighted by Crippen LogP contribution is 2.31. The SMILES string of the molecule is COc1ccc2c(c1)c(Cc1cc(=O)n(-c3cccc(N)c3)[nH]1)c(C)n2C(=O)c1ccc(Cl)cc1. The van der Waals surface area contributed by atoms with Crippen LogP contribution in [0.25, 0.3) is 16.6 Å². The Hall–Kier alpha value is -4.23. The highest BCUT2D eigenvalue weighted by Gasteiger charge is 2.21. The summed E-state index contributed by atoms with van der Waals surface area (Å²) >= 11 is 6.01. The molecule has 0 radical (unpaired) electrons. The highest BCUT2D eigenvalue weighted by molar-refractivity contribution is 6.30. The number of nitrogens with one attached hydrogen (secondary N) is 1. The summed E-state index contributed by atoms with van der Waals surface area (Å²) in [5.41, 5.74) is 10.6. The molecule has 3 N–H and O–H groups in total. The lowest BCUT2D eigenvalue weighted by atomic mass is 10.1. The summed E-state index contributed by atoms with van der Waals surface area (Å²) in [6.07, 6.45) is 0.418. The molecule has 0 spiro atoms. The van der Waals surface area contributed by atoms with Gasteiger partial charge in [0.25, 0.3) is 11.5 Å². The number of rotatable bonds is 5. The standard InChI is InChI=1S/C27H23ClN4O3/c1-16-23(13-20-14-26(33)32(30-20)21-5-3-4-19(29)12-21)24-15-22(35-2)10-11-25(24)31(16)27(34)17-6-8-18(28)9-7-17/h3-12,14-15,30H,13,29H2,1-2H3. The third-order valence-corrected chi connectivity index (χ3v) is 6.36. The zero-order chi connectivity index (χ0) is 24.7. The molecule has 3 aromatic carbocycles. The number of ether oxygens (including phenoxy) is 1. The minimum atomic E-state index is -0.193. The Kier molecular flexibility index (Phi) is 5.70. The van der Waals surface area contributed by atoms with Crippen molar-refractivity contribution in [1.82, 2.24) is 14.3 Å². The van der Waals surface area contributed by atoms with E-state index in [1.165, 1.54) is 4.68 Å². The third-order valence-electron chi connectivity index (χ3n) is 6.11. The summed E-state index contributed by atoms with van der Waals surface area (Å²) in [4.78, 5) is 26.2. The van der Waals surface area contributed by atoms with Gasteiger partial charge in [0.15, 0.2) is 0 Å². The van der Waals surface area contributed by atoms with Crippen LogP contribution >= 0.6 is 11.6 Å². The van der Waals surface area contributed by atoms with Crippen molar-refractivity contribution in [2.75, 3.05) is 12.8 Å². The van der Waals surface area contributed by atoms with Crippen LogP contribution in [-0.4, -0.2) is 27.4 Å². The number of nitrogens with zero attached hydrogens (tertiary/aromatic N) is 2. The highest BCUT2D eigenvalue weighted by atomic mass is 35.5. The predicted octanol–water partition coefficient (Wildman–Crippen LogP) is 4.95. The van der Waals surface area contributed by atoms with Crippen molar-refractivity contribution in [3.8, 4) is 11.4 Å². The van der Waals surface area contributed by atoms with Crippen molar-refractivity contribution >= 4 is 34.1 Å². The Labute approximate surface area is 206 Å². The number of hydrogen-bond donors (Lipinski definition) is 2. The molecule has 0 unspecified atom stereocenters. The van der Waals surface area contributed by atoms with Crippen LogP contribution in [0.1, 0.15) is 27.3 Å². The van der Waals surface area contributed by atoms with E-state index >= 15 is 0 Å². The first-order valence-electron chi connectivity index (χ1n) is 11.0. The topological polar surface area (TPSA) is 95.0 Å². The lowest BCUT2D eigenvalue weighted by molar-refractivity contribution is 0.0963. The largest absolute Gasteiger partial charge is 0.497 e. The first-order chi connectivity index (χ1) is 16.9. The zero-order valence-electron chi connectivity index (χ0n) is 19.2. The predicted molar refractivity (Wildman–Crippen MR) is 138 cm³/mol. The fraction of sp³-hybridized carbons (Fsp3) is 0.111. The van der Waals surface area contributed by atoms with Crippen LogP contribution in [0, 0.1) is 6.92 Å². The van der Waals surface area contributed by atoms with Crippen LogP contribution in [0.4, 0.5) is 5.69 Å². The number of hydrogen-bond acceptors (Lipinski definition) is 4. The molecule has 5 aromatic rings. The van der Waals surface area contributed by atoms with Crippen molar-refractivity contribution in [3.63, 3.8) is 0 Å². The number of H-pyrrole nitrogens is 1. The van der Waals surface area contributed by atoms with Gasteiger partial charge in [0.2, 0.25) is 0 Å². The molecule has 7 nitrogen and oxygen atoms in total. The van der Waals surface area contributed by atoms with E-state index in [2.05, 4.69) is 5.10 Å². The Morgan fingerprint density at radius 2 is 1.83 bits per heavy atom. The Balaban J connectivity index is 1.62. The van der Waals surface area contributed by atoms with Crippen molar-refractivity contribution < 1.29 is 9.53 Å². The van der Waals surface area contributed by atoms with E-state index in [0.29, 0.717) is 39.8 Å². The number of methoxy groups -OCH3 is 1. The maximum atomic E-state index is 13.5. The molecule has 0 saturated carbocycles. The molecule has 35 heavy (non-hydrogen) atoms. The number of fused-ring (bicyclic) bond motifs is 1. The second-order valence-corrected chi connectivity index (χ2v) is 8.76. The number of nitrogen functional groups attached to an aromatic ring is 1. The molecule has 0 bridgehead atoms. The van der Waals surface area contributed by atoms with Gasteiger partial charge in [-0.05, 0) is 73.2 Å². The van der Waals surface area contributed by atoms with Gasteiger partial charge in [0, 0.05) is 45.5 Å². The molecule has 8 heteroatoms. The summed E-state index contributed by atoms with van der Waals surface area (Å²) < 4.78 is 8.60. The van der Waals surface area contributed by atoms with E-state index in [9.17, 15) is 9.59 Å². The van der Waals surface area contributed by atoms with E-state index in [-0.39, 0.29) is 11.5 Å². The van der Waals surface area contributed by atoms with Crippen molar-refractivity contribution in [3.05, 3.63) is 111 Å². The summed E-state index contributed by atoms with van der Waals surface area (Å²) in [6, 6.07) is 21.1. The number of carbonyl (C=O) groups is 1. The molecule has 0 saturated heterocycles. The number of aromatic amines is 1. The monoisotopic (exact) mass is 486 g/mol. The lowest BCUT2D eigenvalue weighted by Gasteiger charge is -2.08. The number of halogens is 1. The Morgan fingerprint density at radius 3 is 2.54 bits per heavy atom. The summed E-state index contributed by atoms with van der Waals surface area (Å²) in [6.45, 7) is 1.91.